The minimum absolute atomic E-state index is 0.0368. The molecule has 15 heteroatoms. The number of anilines is 2. The average molecular weight is 798 g/mol. The van der Waals surface area contributed by atoms with E-state index in [1.54, 1.807) is 50.4 Å². The highest BCUT2D eigenvalue weighted by molar-refractivity contribution is 6.35. The van der Waals surface area contributed by atoms with Gasteiger partial charge < -0.3 is 49.1 Å². The van der Waals surface area contributed by atoms with Gasteiger partial charge in [-0.3, -0.25) is 14.4 Å². The van der Waals surface area contributed by atoms with Gasteiger partial charge in [0.15, 0.2) is 0 Å². The molecule has 2 fully saturated rings. The summed E-state index contributed by atoms with van der Waals surface area (Å²) in [7, 11) is 7.38. The van der Waals surface area contributed by atoms with Gasteiger partial charge in [-0.25, -0.2) is 4.79 Å². The van der Waals surface area contributed by atoms with Crippen LogP contribution in [0.25, 0.3) is 0 Å². The number of esters is 2. The Morgan fingerprint density at radius 3 is 2.48 bits per heavy atom. The fourth-order valence-corrected chi connectivity index (χ4v) is 7.83. The molecule has 56 heavy (non-hydrogen) atoms. The van der Waals surface area contributed by atoms with Crippen LogP contribution in [0, 0.1) is 5.92 Å². The molecule has 5 rings (SSSR count). The Labute approximate surface area is 332 Å². The van der Waals surface area contributed by atoms with E-state index in [1.807, 2.05) is 19.9 Å². The number of hydrogen-bond acceptors (Lipinski definition) is 12. The van der Waals surface area contributed by atoms with Gasteiger partial charge in [0.1, 0.15) is 52.1 Å². The number of ether oxygens (including phenoxy) is 6. The van der Waals surface area contributed by atoms with Gasteiger partial charge in [0.2, 0.25) is 5.91 Å². The fourth-order valence-electron chi connectivity index (χ4n) is 7.51. The van der Waals surface area contributed by atoms with Crippen LogP contribution in [-0.2, 0) is 39.8 Å². The summed E-state index contributed by atoms with van der Waals surface area (Å²) >= 11 is 6.78. The molecule has 3 aliphatic rings. The Morgan fingerprint density at radius 2 is 1.82 bits per heavy atom. The highest BCUT2D eigenvalue weighted by Crippen LogP contribution is 2.50. The molecule has 8 atom stereocenters. The summed E-state index contributed by atoms with van der Waals surface area (Å²) < 4.78 is 34.9. The van der Waals surface area contributed by atoms with Crippen LogP contribution in [0.2, 0.25) is 5.02 Å². The van der Waals surface area contributed by atoms with Gasteiger partial charge in [-0.2, -0.15) is 0 Å². The number of aliphatic hydroxyl groups is 1. The Balaban J connectivity index is 1.53. The van der Waals surface area contributed by atoms with Gasteiger partial charge in [0.25, 0.3) is 5.91 Å². The van der Waals surface area contributed by atoms with Crippen molar-refractivity contribution in [3.63, 3.8) is 0 Å². The molecule has 2 amide bonds. The third-order valence-electron chi connectivity index (χ3n) is 11.2. The second kappa shape index (κ2) is 16.8. The predicted molar refractivity (Wildman–Crippen MR) is 209 cm³/mol. The van der Waals surface area contributed by atoms with Crippen molar-refractivity contribution >= 4 is 46.7 Å². The summed E-state index contributed by atoms with van der Waals surface area (Å²) in [6, 6.07) is 7.06. The van der Waals surface area contributed by atoms with Crippen molar-refractivity contribution in [1.82, 2.24) is 4.90 Å². The number of amides is 2. The van der Waals surface area contributed by atoms with E-state index in [0.29, 0.717) is 23.5 Å². The molecule has 0 radical (unpaired) electrons. The van der Waals surface area contributed by atoms with E-state index in [-0.39, 0.29) is 35.6 Å². The summed E-state index contributed by atoms with van der Waals surface area (Å²) in [5, 5.41) is 12.1. The maximum atomic E-state index is 14.2. The fraction of sp³-hybridized carbons (Fsp3) is 0.512. The third kappa shape index (κ3) is 8.68. The molecule has 0 unspecified atom stereocenters. The Hall–Kier alpha value is -4.63. The van der Waals surface area contributed by atoms with Crippen molar-refractivity contribution < 1.29 is 52.7 Å². The lowest BCUT2D eigenvalue weighted by molar-refractivity contribution is -0.187. The highest BCUT2D eigenvalue weighted by atomic mass is 35.5. The summed E-state index contributed by atoms with van der Waals surface area (Å²) in [5.74, 6) is -2.29. The van der Waals surface area contributed by atoms with Crippen LogP contribution in [0.15, 0.2) is 54.1 Å². The third-order valence-corrected chi connectivity index (χ3v) is 11.5. The van der Waals surface area contributed by atoms with E-state index in [0.717, 1.165) is 11.1 Å². The van der Waals surface area contributed by atoms with Gasteiger partial charge in [0.05, 0.1) is 44.4 Å². The van der Waals surface area contributed by atoms with E-state index in [1.165, 1.54) is 51.2 Å². The van der Waals surface area contributed by atoms with Crippen molar-refractivity contribution in [2.24, 2.45) is 5.92 Å². The number of rotatable bonds is 7. The number of carbonyl (C=O) groups excluding carboxylic acids is 4. The molecule has 14 nitrogen and oxygen atoms in total. The lowest BCUT2D eigenvalue weighted by atomic mass is 9.78. The zero-order valence-corrected chi connectivity index (χ0v) is 34.0. The summed E-state index contributed by atoms with van der Waals surface area (Å²) in [6.07, 6.45) is 1.69. The normalized spacial score (nSPS) is 30.2. The van der Waals surface area contributed by atoms with Gasteiger partial charge in [-0.1, -0.05) is 42.3 Å². The number of benzene rings is 2. The van der Waals surface area contributed by atoms with Crippen LogP contribution < -0.4 is 20.1 Å². The molecular formula is C41H52ClN3O11. The maximum Gasteiger partial charge on any atom is 0.328 e. The number of fused-ring (bicyclic) bond motifs is 5. The molecule has 3 heterocycles. The van der Waals surface area contributed by atoms with Gasteiger partial charge in [-0.05, 0) is 63.1 Å². The second-order valence-electron chi connectivity index (χ2n) is 15.1. The largest absolute Gasteiger partial charge is 0.496 e. The van der Waals surface area contributed by atoms with E-state index < -0.39 is 71.3 Å². The lowest BCUT2D eigenvalue weighted by Crippen LogP contribution is -2.53. The minimum atomic E-state index is -1.60. The van der Waals surface area contributed by atoms with Crippen molar-refractivity contribution in [3.8, 4) is 11.5 Å². The highest BCUT2D eigenvalue weighted by Gasteiger charge is 2.64. The van der Waals surface area contributed by atoms with E-state index >= 15 is 0 Å². The Morgan fingerprint density at radius 1 is 1.12 bits per heavy atom. The number of carbonyl (C=O) groups is 4. The zero-order chi connectivity index (χ0) is 41.3. The van der Waals surface area contributed by atoms with E-state index in [9.17, 15) is 24.3 Å². The first-order chi connectivity index (χ1) is 26.4. The monoisotopic (exact) mass is 797 g/mol. The first kappa shape index (κ1) is 42.5. The Kier molecular flexibility index (Phi) is 12.8. The summed E-state index contributed by atoms with van der Waals surface area (Å²) in [4.78, 5) is 57.4. The maximum absolute atomic E-state index is 14.2. The molecule has 0 saturated carbocycles. The van der Waals surface area contributed by atoms with Crippen LogP contribution >= 0.6 is 11.6 Å². The summed E-state index contributed by atoms with van der Waals surface area (Å²) in [6.45, 7) is 6.95. The molecule has 4 bridgehead atoms. The Bertz CT molecular complexity index is 1920. The number of hydrogen-bond donors (Lipinski definition) is 2. The molecular weight excluding hydrogens is 746 g/mol. The SMILES string of the molecule is COc1ccc(N)cc1C(=O)N(C)[C@@H](C)C(=O)O[C@H]1CC(=O)N(C)c2cc(cc(OC)c2Cl)C/C(C)=C/C=C/[C@@H](OC)[C@]2(O)CC(=O)O[C@@H](C2)[C@@H](C)[C@@H]2O[C@@]12C. The number of halogens is 1. The molecule has 2 aromatic rings. The van der Waals surface area contributed by atoms with E-state index in [2.05, 4.69) is 0 Å². The topological polar surface area (TPSA) is 180 Å². The first-order valence-corrected chi connectivity index (χ1v) is 18.8. The first-order valence-electron chi connectivity index (χ1n) is 18.4. The number of nitrogens with two attached hydrogens (primary N) is 1. The number of methoxy groups -OCH3 is 3. The standard InChI is InChI=1S/C41H52ClN3O11/c1-22-11-10-12-32(53-9)41(50)20-31(54-35(47)21-41)23(2)37-40(4,56-37)33(19-34(46)45(6)28-16-25(15-22)17-30(52-8)36(28)42)55-39(49)24(3)44(5)38(48)27-18-26(43)13-14-29(27)51-7/h10-14,16-18,23-24,31-33,37,50H,15,19-21,43H2,1-9H3/b12-10+,22-11+/t23-,24+,31+,32-,33+,37+,40+,41-/m1/s1. The number of allylic oxidation sites excluding steroid dienone is 3. The molecule has 304 valence electrons. The molecule has 2 saturated heterocycles. The second-order valence-corrected chi connectivity index (χ2v) is 15.5. The van der Waals surface area contributed by atoms with Crippen molar-refractivity contribution in [2.75, 3.05) is 46.1 Å². The van der Waals surface area contributed by atoms with Crippen LogP contribution in [0.3, 0.4) is 0 Å². The van der Waals surface area contributed by atoms with Crippen molar-refractivity contribution in [1.29, 1.82) is 0 Å². The molecule has 3 N–H and O–H groups in total. The van der Waals surface area contributed by atoms with Gasteiger partial charge in [-0.15, -0.1) is 0 Å². The molecule has 2 aromatic carbocycles. The number of nitrogen functional groups attached to an aromatic ring is 1. The molecule has 0 aliphatic carbocycles. The average Bonchev–Trinajstić information content (AvgIpc) is 3.86. The van der Waals surface area contributed by atoms with E-state index in [4.69, 9.17) is 45.8 Å². The van der Waals surface area contributed by atoms with Gasteiger partial charge in [0, 0.05) is 39.2 Å². The van der Waals surface area contributed by atoms with Crippen LogP contribution in [0.1, 0.15) is 62.9 Å². The zero-order valence-electron chi connectivity index (χ0n) is 33.3. The number of likely N-dealkylation sites (N-methyl/N-ethyl adjacent to an activating group) is 1. The van der Waals surface area contributed by atoms with Gasteiger partial charge >= 0.3 is 11.9 Å². The summed E-state index contributed by atoms with van der Waals surface area (Å²) in [5.41, 5.74) is 5.70. The number of nitrogens with zero attached hydrogens (tertiary/aromatic N) is 2. The van der Waals surface area contributed by atoms with Crippen molar-refractivity contribution in [2.45, 2.75) is 95.0 Å². The van der Waals surface area contributed by atoms with Crippen LogP contribution in [0.5, 0.6) is 11.5 Å². The lowest BCUT2D eigenvalue weighted by Gasteiger charge is -2.41. The number of epoxide rings is 1. The van der Waals surface area contributed by atoms with Crippen LogP contribution in [0.4, 0.5) is 11.4 Å². The van der Waals surface area contributed by atoms with Crippen molar-refractivity contribution in [3.05, 3.63) is 70.3 Å². The molecule has 0 aromatic heterocycles. The molecule has 0 spiro atoms. The smallest absolute Gasteiger partial charge is 0.328 e. The van der Waals surface area contributed by atoms with Crippen LogP contribution in [-0.4, -0.2) is 111 Å². The molecule has 3 aliphatic heterocycles. The minimum Gasteiger partial charge on any atom is -0.496 e. The quantitative estimate of drug-likeness (QED) is 0.225. The predicted octanol–water partition coefficient (Wildman–Crippen LogP) is 4.67.